The van der Waals surface area contributed by atoms with Crippen LogP contribution in [0.25, 0.3) is 0 Å². The Morgan fingerprint density at radius 3 is 2.19 bits per heavy atom. The molecule has 0 bridgehead atoms. The number of benzene rings is 2. The molecule has 148 valence electrons. The second-order valence-corrected chi connectivity index (χ2v) is 9.37. The molecular formula is C25H36BrN. The average molecular weight is 430 g/mol. The van der Waals surface area contributed by atoms with Crippen molar-refractivity contribution in [3.63, 3.8) is 0 Å². The highest BCUT2D eigenvalue weighted by molar-refractivity contribution is 9.10. The Kier molecular flexibility index (Phi) is 9.97. The van der Waals surface area contributed by atoms with Gasteiger partial charge < -0.3 is 5.32 Å². The third-order valence-electron chi connectivity index (χ3n) is 5.33. The SMILES string of the molecule is CC(C)CCC(CCCC(C)Cc1ccccc1)CNc1ccc(Br)cc1. The van der Waals surface area contributed by atoms with Crippen molar-refractivity contribution in [2.75, 3.05) is 11.9 Å². The molecule has 2 rings (SSSR count). The predicted molar refractivity (Wildman–Crippen MR) is 123 cm³/mol. The van der Waals surface area contributed by atoms with E-state index in [0.29, 0.717) is 0 Å². The van der Waals surface area contributed by atoms with Gasteiger partial charge in [-0.1, -0.05) is 86.3 Å². The van der Waals surface area contributed by atoms with Crippen LogP contribution in [0, 0.1) is 17.8 Å². The molecule has 0 fully saturated rings. The normalized spacial score (nSPS) is 13.5. The maximum absolute atomic E-state index is 3.65. The quantitative estimate of drug-likeness (QED) is 0.360. The van der Waals surface area contributed by atoms with Crippen molar-refractivity contribution in [1.82, 2.24) is 0 Å². The highest BCUT2D eigenvalue weighted by Crippen LogP contribution is 2.23. The Balaban J connectivity index is 1.76. The number of anilines is 1. The molecule has 27 heavy (non-hydrogen) atoms. The number of rotatable bonds is 12. The van der Waals surface area contributed by atoms with Gasteiger partial charge in [-0.25, -0.2) is 0 Å². The Morgan fingerprint density at radius 1 is 0.815 bits per heavy atom. The summed E-state index contributed by atoms with van der Waals surface area (Å²) in [5, 5.41) is 3.65. The van der Waals surface area contributed by atoms with Crippen LogP contribution in [0.5, 0.6) is 0 Å². The molecule has 2 unspecified atom stereocenters. The second kappa shape index (κ2) is 12.2. The molecule has 2 aromatic rings. The highest BCUT2D eigenvalue weighted by Gasteiger charge is 2.12. The van der Waals surface area contributed by atoms with Gasteiger partial charge in [-0.3, -0.25) is 0 Å². The summed E-state index contributed by atoms with van der Waals surface area (Å²) in [6.45, 7) is 8.15. The third kappa shape index (κ3) is 9.46. The monoisotopic (exact) mass is 429 g/mol. The van der Waals surface area contributed by atoms with Crippen molar-refractivity contribution < 1.29 is 0 Å². The molecule has 0 aliphatic rings. The molecule has 2 aromatic carbocycles. The van der Waals surface area contributed by atoms with Crippen molar-refractivity contribution in [2.45, 2.75) is 59.3 Å². The fourth-order valence-electron chi connectivity index (χ4n) is 3.62. The molecule has 2 heteroatoms. The first-order valence-electron chi connectivity index (χ1n) is 10.6. The zero-order chi connectivity index (χ0) is 19.5. The smallest absolute Gasteiger partial charge is 0.0341 e. The van der Waals surface area contributed by atoms with E-state index in [1.54, 1.807) is 0 Å². The summed E-state index contributed by atoms with van der Waals surface area (Å²) in [6, 6.07) is 19.4. The van der Waals surface area contributed by atoms with E-state index in [0.717, 1.165) is 28.8 Å². The molecule has 2 atom stereocenters. The Morgan fingerprint density at radius 2 is 1.52 bits per heavy atom. The molecule has 0 spiro atoms. The van der Waals surface area contributed by atoms with Gasteiger partial charge in [-0.15, -0.1) is 0 Å². The van der Waals surface area contributed by atoms with Crippen LogP contribution < -0.4 is 5.32 Å². The van der Waals surface area contributed by atoms with Crippen LogP contribution >= 0.6 is 15.9 Å². The van der Waals surface area contributed by atoms with Crippen LogP contribution in [0.1, 0.15) is 58.4 Å². The average Bonchev–Trinajstić information content (AvgIpc) is 2.65. The lowest BCUT2D eigenvalue weighted by Crippen LogP contribution is -2.16. The number of hydrogen-bond acceptors (Lipinski definition) is 1. The minimum atomic E-state index is 0.762. The zero-order valence-corrected chi connectivity index (χ0v) is 18.8. The van der Waals surface area contributed by atoms with Gasteiger partial charge in [-0.2, -0.15) is 0 Å². The molecule has 0 saturated carbocycles. The van der Waals surface area contributed by atoms with E-state index in [4.69, 9.17) is 0 Å². The molecule has 0 radical (unpaired) electrons. The van der Waals surface area contributed by atoms with Crippen LogP contribution in [-0.4, -0.2) is 6.54 Å². The predicted octanol–water partition coefficient (Wildman–Crippen LogP) is 7.96. The fourth-order valence-corrected chi connectivity index (χ4v) is 3.89. The van der Waals surface area contributed by atoms with E-state index >= 15 is 0 Å². The molecule has 0 aliphatic heterocycles. The minimum absolute atomic E-state index is 0.762. The Labute approximate surface area is 175 Å². The number of hydrogen-bond donors (Lipinski definition) is 1. The van der Waals surface area contributed by atoms with E-state index in [1.165, 1.54) is 49.8 Å². The van der Waals surface area contributed by atoms with Gasteiger partial charge in [0.05, 0.1) is 0 Å². The molecular weight excluding hydrogens is 394 g/mol. The van der Waals surface area contributed by atoms with Crippen molar-refractivity contribution in [1.29, 1.82) is 0 Å². The van der Waals surface area contributed by atoms with E-state index in [2.05, 4.69) is 96.6 Å². The Bertz CT molecular complexity index is 621. The van der Waals surface area contributed by atoms with Crippen LogP contribution in [-0.2, 0) is 6.42 Å². The van der Waals surface area contributed by atoms with Crippen molar-refractivity contribution >= 4 is 21.6 Å². The van der Waals surface area contributed by atoms with Gasteiger partial charge in [0, 0.05) is 16.7 Å². The van der Waals surface area contributed by atoms with Gasteiger partial charge in [0.2, 0.25) is 0 Å². The van der Waals surface area contributed by atoms with E-state index in [1.807, 2.05) is 0 Å². The summed E-state index contributed by atoms with van der Waals surface area (Å²) in [7, 11) is 0. The lowest BCUT2D eigenvalue weighted by Gasteiger charge is -2.20. The van der Waals surface area contributed by atoms with Gasteiger partial charge in [0.25, 0.3) is 0 Å². The second-order valence-electron chi connectivity index (χ2n) is 8.45. The van der Waals surface area contributed by atoms with E-state index < -0.39 is 0 Å². The Hall–Kier alpha value is -1.28. The summed E-state index contributed by atoms with van der Waals surface area (Å²) in [5.74, 6) is 2.31. The van der Waals surface area contributed by atoms with Gasteiger partial charge >= 0.3 is 0 Å². The van der Waals surface area contributed by atoms with Crippen LogP contribution in [0.15, 0.2) is 59.1 Å². The summed E-state index contributed by atoms with van der Waals surface area (Å²) >= 11 is 3.51. The largest absolute Gasteiger partial charge is 0.385 e. The standard InChI is InChI=1S/C25H36BrN/c1-20(2)12-13-23(19-27-25-16-14-24(26)15-17-25)11-7-8-21(3)18-22-9-5-4-6-10-22/h4-6,9-10,14-17,20-21,23,27H,7-8,11-13,18-19H2,1-3H3. The van der Waals surface area contributed by atoms with E-state index in [9.17, 15) is 0 Å². The topological polar surface area (TPSA) is 12.0 Å². The molecule has 0 aliphatic carbocycles. The molecule has 0 heterocycles. The van der Waals surface area contributed by atoms with Crippen molar-refractivity contribution in [2.24, 2.45) is 17.8 Å². The van der Waals surface area contributed by atoms with Crippen LogP contribution in [0.2, 0.25) is 0 Å². The number of nitrogens with one attached hydrogen (secondary N) is 1. The lowest BCUT2D eigenvalue weighted by molar-refractivity contribution is 0.383. The highest BCUT2D eigenvalue weighted by atomic mass is 79.9. The van der Waals surface area contributed by atoms with Crippen molar-refractivity contribution in [3.8, 4) is 0 Å². The van der Waals surface area contributed by atoms with Gasteiger partial charge in [0.15, 0.2) is 0 Å². The van der Waals surface area contributed by atoms with Gasteiger partial charge in [-0.05, 0) is 66.8 Å². The first kappa shape index (κ1) is 22.0. The molecule has 1 N–H and O–H groups in total. The lowest BCUT2D eigenvalue weighted by atomic mass is 9.90. The number of halogens is 1. The molecule has 0 amide bonds. The molecule has 0 aromatic heterocycles. The summed E-state index contributed by atoms with van der Waals surface area (Å²) < 4.78 is 1.14. The fraction of sp³-hybridized carbons (Fsp3) is 0.520. The maximum atomic E-state index is 3.65. The van der Waals surface area contributed by atoms with Crippen LogP contribution in [0.4, 0.5) is 5.69 Å². The van der Waals surface area contributed by atoms with Crippen LogP contribution in [0.3, 0.4) is 0 Å². The summed E-state index contributed by atoms with van der Waals surface area (Å²) in [4.78, 5) is 0. The molecule has 1 nitrogen and oxygen atoms in total. The first-order chi connectivity index (χ1) is 13.0. The minimum Gasteiger partial charge on any atom is -0.385 e. The third-order valence-corrected chi connectivity index (χ3v) is 5.86. The van der Waals surface area contributed by atoms with E-state index in [-0.39, 0.29) is 0 Å². The maximum Gasteiger partial charge on any atom is 0.0341 e. The summed E-state index contributed by atoms with van der Waals surface area (Å²) in [5.41, 5.74) is 2.70. The molecule has 0 saturated heterocycles. The summed E-state index contributed by atoms with van der Waals surface area (Å²) in [6.07, 6.45) is 7.84. The first-order valence-corrected chi connectivity index (χ1v) is 11.4. The van der Waals surface area contributed by atoms with Gasteiger partial charge in [0.1, 0.15) is 0 Å². The van der Waals surface area contributed by atoms with Crippen molar-refractivity contribution in [3.05, 3.63) is 64.6 Å². The zero-order valence-electron chi connectivity index (χ0n) is 17.3.